The Bertz CT molecular complexity index is 1300. The molecule has 4 aliphatic rings. The Hall–Kier alpha value is -3.44. The van der Waals surface area contributed by atoms with Crippen molar-refractivity contribution >= 4 is 35.0 Å². The normalized spacial score (nSPS) is 25.0. The summed E-state index contributed by atoms with van der Waals surface area (Å²) in [6, 6.07) is 6.24. The van der Waals surface area contributed by atoms with E-state index in [9.17, 15) is 9.59 Å². The summed E-state index contributed by atoms with van der Waals surface area (Å²) < 4.78 is 11.2. The standard InChI is InChI=1S/C32H45N7O4/c1-4-26-31(41)37(2)27-20-33-32(36-29(27)39(26)24-7-5-6-8-24)35-25-14-9-21(19-28(25)42-3)30(40)34-22-10-12-23(13-11-22)38-15-17-43-18-16-38/h9,14,19-20,22-24,26H,4-8,10-13,15-18H2,1-3H3,(H,34,40)(H,33,35,36)/t22?,23?,26-/m1/s1. The van der Waals surface area contributed by atoms with Crippen LogP contribution in [0.3, 0.4) is 0 Å². The SMILES string of the molecule is CC[C@@H]1C(=O)N(C)c2cnc(Nc3ccc(C(=O)NC4CCC(N5CCOCC5)CC4)cc3OC)nc2N1C1CCCC1. The molecule has 1 saturated heterocycles. The third kappa shape index (κ3) is 6.15. The highest BCUT2D eigenvalue weighted by Crippen LogP contribution is 2.40. The maximum Gasteiger partial charge on any atom is 0.251 e. The number of ether oxygens (including phenoxy) is 2. The largest absolute Gasteiger partial charge is 0.495 e. The maximum absolute atomic E-state index is 13.2. The summed E-state index contributed by atoms with van der Waals surface area (Å²) in [5.74, 6) is 1.75. The quantitative estimate of drug-likeness (QED) is 0.469. The van der Waals surface area contributed by atoms with Gasteiger partial charge >= 0.3 is 0 Å². The van der Waals surface area contributed by atoms with Crippen molar-refractivity contribution in [3.63, 3.8) is 0 Å². The van der Waals surface area contributed by atoms with E-state index in [0.29, 0.717) is 35.0 Å². The molecule has 1 aromatic heterocycles. The van der Waals surface area contributed by atoms with Gasteiger partial charge in [-0.2, -0.15) is 4.98 Å². The lowest BCUT2D eigenvalue weighted by atomic mass is 9.89. The molecule has 3 heterocycles. The topological polar surface area (TPSA) is 112 Å². The van der Waals surface area contributed by atoms with Crippen LogP contribution in [0.4, 0.5) is 23.1 Å². The third-order valence-corrected chi connectivity index (χ3v) is 9.72. The van der Waals surface area contributed by atoms with E-state index in [1.54, 1.807) is 31.3 Å². The number of amides is 2. The first-order chi connectivity index (χ1) is 21.0. The first-order valence-electron chi connectivity index (χ1n) is 16.0. The van der Waals surface area contributed by atoms with Crippen LogP contribution in [0.15, 0.2) is 24.4 Å². The Morgan fingerprint density at radius 3 is 2.51 bits per heavy atom. The van der Waals surface area contributed by atoms with E-state index in [1.165, 1.54) is 12.8 Å². The van der Waals surface area contributed by atoms with Crippen molar-refractivity contribution < 1.29 is 19.1 Å². The fraction of sp³-hybridized carbons (Fsp3) is 0.625. The number of aromatic nitrogens is 2. The Kier molecular flexibility index (Phi) is 8.99. The summed E-state index contributed by atoms with van der Waals surface area (Å²) in [5.41, 5.74) is 1.96. The molecule has 1 aromatic carbocycles. The van der Waals surface area contributed by atoms with E-state index < -0.39 is 0 Å². The van der Waals surface area contributed by atoms with Gasteiger partial charge in [0, 0.05) is 43.8 Å². The molecule has 2 saturated carbocycles. The van der Waals surface area contributed by atoms with Gasteiger partial charge < -0.3 is 29.9 Å². The zero-order valence-corrected chi connectivity index (χ0v) is 25.7. The van der Waals surface area contributed by atoms with Gasteiger partial charge in [0.05, 0.1) is 32.2 Å². The van der Waals surface area contributed by atoms with Crippen LogP contribution in [-0.2, 0) is 9.53 Å². The molecule has 11 heteroatoms. The molecule has 3 fully saturated rings. The van der Waals surface area contributed by atoms with Gasteiger partial charge in [0.25, 0.3) is 5.91 Å². The number of fused-ring (bicyclic) bond motifs is 1. The van der Waals surface area contributed by atoms with Crippen molar-refractivity contribution in [2.24, 2.45) is 0 Å². The number of benzene rings is 1. The Balaban J connectivity index is 1.14. The number of anilines is 4. The van der Waals surface area contributed by atoms with Gasteiger partial charge in [-0.3, -0.25) is 14.5 Å². The number of morpholine rings is 1. The minimum atomic E-state index is -0.231. The predicted octanol–water partition coefficient (Wildman–Crippen LogP) is 4.11. The first-order valence-corrected chi connectivity index (χ1v) is 16.0. The van der Waals surface area contributed by atoms with Crippen LogP contribution in [0.25, 0.3) is 0 Å². The van der Waals surface area contributed by atoms with Crippen molar-refractivity contribution in [1.29, 1.82) is 0 Å². The van der Waals surface area contributed by atoms with E-state index in [1.807, 2.05) is 12.1 Å². The summed E-state index contributed by atoms with van der Waals surface area (Å²) in [7, 11) is 3.39. The Labute approximate surface area is 254 Å². The zero-order chi connectivity index (χ0) is 29.9. The van der Waals surface area contributed by atoms with Gasteiger partial charge in [0.1, 0.15) is 17.5 Å². The van der Waals surface area contributed by atoms with Gasteiger partial charge in [-0.1, -0.05) is 19.8 Å². The van der Waals surface area contributed by atoms with Crippen LogP contribution in [0.5, 0.6) is 5.75 Å². The fourth-order valence-electron chi connectivity index (χ4n) is 7.30. The van der Waals surface area contributed by atoms with Crippen molar-refractivity contribution in [3.8, 4) is 5.75 Å². The summed E-state index contributed by atoms with van der Waals surface area (Å²) in [6.07, 6.45) is 11.1. The van der Waals surface area contributed by atoms with Crippen LogP contribution < -0.4 is 25.2 Å². The lowest BCUT2D eigenvalue weighted by molar-refractivity contribution is -0.120. The fourth-order valence-corrected chi connectivity index (χ4v) is 7.30. The number of carbonyl (C=O) groups excluding carboxylic acids is 2. The molecule has 0 spiro atoms. The van der Waals surface area contributed by atoms with Crippen molar-refractivity contribution in [2.45, 2.75) is 88.9 Å². The second-order valence-corrected chi connectivity index (χ2v) is 12.2. The van der Waals surface area contributed by atoms with Crippen LogP contribution in [0.1, 0.15) is 75.1 Å². The van der Waals surface area contributed by atoms with Gasteiger partial charge in [0.2, 0.25) is 11.9 Å². The molecular weight excluding hydrogens is 546 g/mol. The number of rotatable bonds is 8. The minimum absolute atomic E-state index is 0.0878. The minimum Gasteiger partial charge on any atom is -0.495 e. The molecule has 0 radical (unpaired) electrons. The monoisotopic (exact) mass is 591 g/mol. The second kappa shape index (κ2) is 13.1. The van der Waals surface area contributed by atoms with E-state index in [2.05, 4.69) is 32.3 Å². The molecule has 2 amide bonds. The number of nitrogens with one attached hydrogen (secondary N) is 2. The van der Waals surface area contributed by atoms with Crippen LogP contribution in [-0.4, -0.2) is 91.3 Å². The highest BCUT2D eigenvalue weighted by molar-refractivity contribution is 6.04. The summed E-state index contributed by atoms with van der Waals surface area (Å²) in [6.45, 7) is 5.71. The Morgan fingerprint density at radius 2 is 1.81 bits per heavy atom. The van der Waals surface area contributed by atoms with Gasteiger partial charge in [0.15, 0.2) is 5.82 Å². The molecule has 0 unspecified atom stereocenters. The number of carbonyl (C=O) groups is 2. The van der Waals surface area contributed by atoms with Crippen molar-refractivity contribution in [2.75, 3.05) is 55.6 Å². The van der Waals surface area contributed by atoms with Gasteiger partial charge in [-0.25, -0.2) is 4.98 Å². The lowest BCUT2D eigenvalue weighted by Crippen LogP contribution is -2.55. The smallest absolute Gasteiger partial charge is 0.251 e. The Morgan fingerprint density at radius 1 is 1.07 bits per heavy atom. The maximum atomic E-state index is 13.2. The number of hydrogen-bond donors (Lipinski definition) is 2. The molecule has 2 N–H and O–H groups in total. The average molecular weight is 592 g/mol. The highest BCUT2D eigenvalue weighted by Gasteiger charge is 2.41. The van der Waals surface area contributed by atoms with E-state index in [0.717, 1.165) is 82.8 Å². The van der Waals surface area contributed by atoms with Gasteiger partial charge in [-0.05, 0) is 63.1 Å². The van der Waals surface area contributed by atoms with Crippen molar-refractivity contribution in [1.82, 2.24) is 20.2 Å². The third-order valence-electron chi connectivity index (χ3n) is 9.72. The number of hydrogen-bond acceptors (Lipinski definition) is 9. The molecule has 1 atom stereocenters. The molecule has 43 heavy (non-hydrogen) atoms. The van der Waals surface area contributed by atoms with Crippen LogP contribution >= 0.6 is 0 Å². The van der Waals surface area contributed by atoms with Crippen molar-refractivity contribution in [3.05, 3.63) is 30.0 Å². The van der Waals surface area contributed by atoms with Gasteiger partial charge in [-0.15, -0.1) is 0 Å². The first kappa shape index (κ1) is 29.6. The summed E-state index contributed by atoms with van der Waals surface area (Å²) in [5, 5.41) is 6.55. The highest BCUT2D eigenvalue weighted by atomic mass is 16.5. The molecule has 6 rings (SSSR count). The van der Waals surface area contributed by atoms with E-state index in [4.69, 9.17) is 14.5 Å². The molecule has 2 aliphatic heterocycles. The molecule has 2 aliphatic carbocycles. The number of nitrogens with zero attached hydrogens (tertiary/aromatic N) is 5. The molecular formula is C32H45N7O4. The molecule has 2 aromatic rings. The van der Waals surface area contributed by atoms with E-state index in [-0.39, 0.29) is 23.9 Å². The second-order valence-electron chi connectivity index (χ2n) is 12.2. The van der Waals surface area contributed by atoms with Crippen LogP contribution in [0, 0.1) is 0 Å². The predicted molar refractivity (Wildman–Crippen MR) is 166 cm³/mol. The molecule has 0 bridgehead atoms. The summed E-state index contributed by atoms with van der Waals surface area (Å²) >= 11 is 0. The number of methoxy groups -OCH3 is 1. The lowest BCUT2D eigenvalue weighted by Gasteiger charge is -2.43. The summed E-state index contributed by atoms with van der Waals surface area (Å²) in [4.78, 5) is 42.3. The number of likely N-dealkylation sites (N-methyl/N-ethyl adjacent to an activating group) is 1. The molecule has 11 nitrogen and oxygen atoms in total. The average Bonchev–Trinajstić information content (AvgIpc) is 3.58. The van der Waals surface area contributed by atoms with E-state index >= 15 is 0 Å². The zero-order valence-electron chi connectivity index (χ0n) is 25.7. The van der Waals surface area contributed by atoms with Crippen LogP contribution in [0.2, 0.25) is 0 Å². The molecule has 232 valence electrons.